The maximum atomic E-state index is 12.1. The number of nitro groups is 1. The number of nitrogens with zero attached hydrogens (tertiary/aromatic N) is 4. The molecule has 4 rings (SSSR count). The first kappa shape index (κ1) is 17.7. The number of carbonyl (C=O) groups excluding carboxylic acids is 1. The number of nitrogens with one attached hydrogen (secondary N) is 1. The van der Waals surface area contributed by atoms with Gasteiger partial charge in [0, 0.05) is 24.3 Å². The molecule has 0 unspecified atom stereocenters. The van der Waals surface area contributed by atoms with Crippen molar-refractivity contribution in [1.82, 2.24) is 10.2 Å². The van der Waals surface area contributed by atoms with Crippen LogP contribution in [-0.2, 0) is 0 Å². The van der Waals surface area contributed by atoms with Gasteiger partial charge in [-0.25, -0.2) is 0 Å². The Morgan fingerprint density at radius 1 is 1.04 bits per heavy atom. The van der Waals surface area contributed by atoms with Crippen LogP contribution in [0.2, 0.25) is 0 Å². The third-order valence-corrected chi connectivity index (χ3v) is 4.51. The van der Waals surface area contributed by atoms with Crippen molar-refractivity contribution in [2.75, 3.05) is 23.3 Å². The maximum absolute atomic E-state index is 12.1. The Kier molecular flexibility index (Phi) is 4.71. The summed E-state index contributed by atoms with van der Waals surface area (Å²) in [4.78, 5) is 24.3. The number of aromatic nitrogens is 2. The third kappa shape index (κ3) is 3.68. The molecule has 0 saturated carbocycles. The molecular weight excluding hydrogens is 362 g/mol. The monoisotopic (exact) mass is 379 g/mol. The van der Waals surface area contributed by atoms with E-state index in [2.05, 4.69) is 20.4 Å². The first-order valence-electron chi connectivity index (χ1n) is 8.85. The van der Waals surface area contributed by atoms with Crippen molar-refractivity contribution in [1.29, 1.82) is 0 Å². The summed E-state index contributed by atoms with van der Waals surface area (Å²) in [5.74, 6) is -0.274. The Bertz CT molecular complexity index is 992. The van der Waals surface area contributed by atoms with Crippen LogP contribution in [0.3, 0.4) is 0 Å². The average Bonchev–Trinajstić information content (AvgIpc) is 3.41. The van der Waals surface area contributed by atoms with Gasteiger partial charge in [0.05, 0.1) is 11.8 Å². The van der Waals surface area contributed by atoms with Gasteiger partial charge in [0.2, 0.25) is 0 Å². The molecule has 1 aliphatic heterocycles. The SMILES string of the molecule is O=C(Nc1ccc(-c2ccc(N3CCCC3)nn2)cc1)c1ccc([N+](=O)[O-])o1. The first-order chi connectivity index (χ1) is 13.6. The fourth-order valence-corrected chi connectivity index (χ4v) is 3.06. The van der Waals surface area contributed by atoms with Crippen LogP contribution in [0.25, 0.3) is 11.3 Å². The van der Waals surface area contributed by atoms with Gasteiger partial charge in [-0.2, -0.15) is 0 Å². The fraction of sp³-hybridized carbons (Fsp3) is 0.211. The molecular formula is C19H17N5O4. The van der Waals surface area contributed by atoms with Gasteiger partial charge in [0.25, 0.3) is 5.91 Å². The number of furan rings is 1. The highest BCUT2D eigenvalue weighted by atomic mass is 16.6. The normalized spacial score (nSPS) is 13.5. The Balaban J connectivity index is 1.43. The van der Waals surface area contributed by atoms with Gasteiger partial charge in [-0.05, 0) is 43.2 Å². The molecule has 142 valence electrons. The van der Waals surface area contributed by atoms with Crippen LogP contribution in [0, 0.1) is 10.1 Å². The topological polar surface area (TPSA) is 114 Å². The van der Waals surface area contributed by atoms with Crippen LogP contribution in [0.1, 0.15) is 23.4 Å². The number of anilines is 2. The predicted molar refractivity (Wildman–Crippen MR) is 102 cm³/mol. The van der Waals surface area contributed by atoms with E-state index in [1.54, 1.807) is 12.1 Å². The number of rotatable bonds is 5. The maximum Gasteiger partial charge on any atom is 0.433 e. The molecule has 0 radical (unpaired) electrons. The van der Waals surface area contributed by atoms with Crippen molar-refractivity contribution in [2.45, 2.75) is 12.8 Å². The summed E-state index contributed by atoms with van der Waals surface area (Å²) in [5, 5.41) is 21.9. The van der Waals surface area contributed by atoms with E-state index in [-0.39, 0.29) is 5.76 Å². The highest BCUT2D eigenvalue weighted by Gasteiger charge is 2.17. The molecule has 1 saturated heterocycles. The molecule has 0 atom stereocenters. The summed E-state index contributed by atoms with van der Waals surface area (Å²) < 4.78 is 4.89. The predicted octanol–water partition coefficient (Wildman–Crippen LogP) is 3.50. The Labute approximate surface area is 160 Å². The fourth-order valence-electron chi connectivity index (χ4n) is 3.06. The van der Waals surface area contributed by atoms with E-state index >= 15 is 0 Å². The van der Waals surface area contributed by atoms with Crippen LogP contribution in [0.4, 0.5) is 17.4 Å². The van der Waals surface area contributed by atoms with Crippen molar-refractivity contribution in [3.8, 4) is 11.3 Å². The van der Waals surface area contributed by atoms with Crippen LogP contribution < -0.4 is 10.2 Å². The van der Waals surface area contributed by atoms with Gasteiger partial charge in [0.15, 0.2) is 11.6 Å². The summed E-state index contributed by atoms with van der Waals surface area (Å²) >= 11 is 0. The molecule has 3 aromatic rings. The van der Waals surface area contributed by atoms with Crippen LogP contribution in [-0.4, -0.2) is 34.1 Å². The molecule has 28 heavy (non-hydrogen) atoms. The smallest absolute Gasteiger partial charge is 0.395 e. The highest BCUT2D eigenvalue weighted by Crippen LogP contribution is 2.23. The molecule has 1 aromatic carbocycles. The van der Waals surface area contributed by atoms with Crippen LogP contribution in [0.5, 0.6) is 0 Å². The van der Waals surface area contributed by atoms with Gasteiger partial charge in [-0.3, -0.25) is 14.9 Å². The molecule has 1 N–H and O–H groups in total. The molecule has 9 nitrogen and oxygen atoms in total. The van der Waals surface area contributed by atoms with E-state index in [0.29, 0.717) is 5.69 Å². The summed E-state index contributed by atoms with van der Waals surface area (Å²) in [7, 11) is 0. The van der Waals surface area contributed by atoms with Crippen LogP contribution in [0.15, 0.2) is 52.9 Å². The van der Waals surface area contributed by atoms with Crippen molar-refractivity contribution in [3.63, 3.8) is 0 Å². The molecule has 3 heterocycles. The van der Waals surface area contributed by atoms with Crippen molar-refractivity contribution < 1.29 is 14.1 Å². The molecule has 1 aliphatic rings. The van der Waals surface area contributed by atoms with Crippen molar-refractivity contribution in [2.24, 2.45) is 0 Å². The Hall–Kier alpha value is -3.75. The lowest BCUT2D eigenvalue weighted by molar-refractivity contribution is -0.402. The summed E-state index contributed by atoms with van der Waals surface area (Å²) in [6.07, 6.45) is 2.37. The van der Waals surface area contributed by atoms with E-state index in [1.807, 2.05) is 24.3 Å². The lowest BCUT2D eigenvalue weighted by Gasteiger charge is -2.15. The number of amides is 1. The molecule has 2 aromatic heterocycles. The second-order valence-electron chi connectivity index (χ2n) is 6.40. The summed E-state index contributed by atoms with van der Waals surface area (Å²) in [5.41, 5.74) is 2.14. The zero-order chi connectivity index (χ0) is 19.5. The summed E-state index contributed by atoms with van der Waals surface area (Å²) in [6.45, 7) is 2.03. The van der Waals surface area contributed by atoms with E-state index in [4.69, 9.17) is 4.42 Å². The van der Waals surface area contributed by atoms with Gasteiger partial charge in [-0.15, -0.1) is 10.2 Å². The van der Waals surface area contributed by atoms with E-state index in [0.717, 1.165) is 36.2 Å². The number of hydrogen-bond donors (Lipinski definition) is 1. The zero-order valence-corrected chi connectivity index (χ0v) is 14.9. The van der Waals surface area contributed by atoms with Crippen LogP contribution >= 0.6 is 0 Å². The van der Waals surface area contributed by atoms with Gasteiger partial charge >= 0.3 is 5.88 Å². The molecule has 1 amide bonds. The molecule has 0 bridgehead atoms. The molecule has 9 heteroatoms. The lowest BCUT2D eigenvalue weighted by atomic mass is 10.1. The second-order valence-corrected chi connectivity index (χ2v) is 6.40. The third-order valence-electron chi connectivity index (χ3n) is 4.51. The molecule has 0 spiro atoms. The summed E-state index contributed by atoms with van der Waals surface area (Å²) in [6, 6.07) is 13.4. The average molecular weight is 379 g/mol. The number of benzene rings is 1. The van der Waals surface area contributed by atoms with E-state index in [9.17, 15) is 14.9 Å². The van der Waals surface area contributed by atoms with Crippen molar-refractivity contribution in [3.05, 3.63) is 64.4 Å². The second kappa shape index (κ2) is 7.47. The van der Waals surface area contributed by atoms with E-state index in [1.165, 1.54) is 18.9 Å². The highest BCUT2D eigenvalue weighted by molar-refractivity contribution is 6.02. The van der Waals surface area contributed by atoms with Gasteiger partial charge in [-0.1, -0.05) is 12.1 Å². The van der Waals surface area contributed by atoms with E-state index < -0.39 is 16.7 Å². The van der Waals surface area contributed by atoms with Gasteiger partial charge in [0.1, 0.15) is 4.92 Å². The minimum absolute atomic E-state index is 0.126. The number of carbonyl (C=O) groups is 1. The lowest BCUT2D eigenvalue weighted by Crippen LogP contribution is -2.19. The molecule has 0 aliphatic carbocycles. The zero-order valence-electron chi connectivity index (χ0n) is 14.9. The largest absolute Gasteiger partial charge is 0.433 e. The van der Waals surface area contributed by atoms with Crippen molar-refractivity contribution >= 4 is 23.3 Å². The quantitative estimate of drug-likeness (QED) is 0.533. The Morgan fingerprint density at radius 3 is 2.39 bits per heavy atom. The van der Waals surface area contributed by atoms with Gasteiger partial charge < -0.3 is 14.6 Å². The standard InChI is InChI=1S/C19H17N5O4/c25-19(16-8-10-18(28-16)24(26)27)20-14-5-3-13(4-6-14)15-7-9-17(22-21-15)23-11-1-2-12-23/h3-10H,1-2,11-12H2,(H,20,25). The number of hydrogen-bond acceptors (Lipinski definition) is 7. The first-order valence-corrected chi connectivity index (χ1v) is 8.85. The minimum atomic E-state index is -0.693. The minimum Gasteiger partial charge on any atom is -0.395 e. The Morgan fingerprint density at radius 2 is 1.79 bits per heavy atom. The molecule has 1 fully saturated rings.